The number of aliphatic hydroxyl groups is 2. The Morgan fingerprint density at radius 3 is 1.86 bits per heavy atom. The molecule has 1 aromatic rings. The van der Waals surface area contributed by atoms with E-state index in [4.69, 9.17) is 33.5 Å². The van der Waals surface area contributed by atoms with Gasteiger partial charge in [0.25, 0.3) is 0 Å². The maximum absolute atomic E-state index is 12.6. The SMILES string of the molecule is CC1O[C@@H](O[C@@H](C)CCCCCC/C=C/C(=O)O)C(O)C[C@H]1O.CCOC(=O)/C=C/CCCCCC[C@H](C)O[C@@H]1OC(C)[C@H](C)CC1OC(=O)c1ccccc1.[Li+].[OH-]. The van der Waals surface area contributed by atoms with Crippen LogP contribution in [0.4, 0.5) is 0 Å². The van der Waals surface area contributed by atoms with Crippen LogP contribution in [-0.4, -0.2) is 101 Å². The van der Waals surface area contributed by atoms with Gasteiger partial charge in [-0.3, -0.25) is 0 Å². The summed E-state index contributed by atoms with van der Waals surface area (Å²) >= 11 is 0. The fraction of sp³-hybridized carbons (Fsp3) is 0.705. The summed E-state index contributed by atoms with van der Waals surface area (Å²) in [6, 6.07) is 9.03. The van der Waals surface area contributed by atoms with Crippen LogP contribution in [0.5, 0.6) is 0 Å². The van der Waals surface area contributed by atoms with Gasteiger partial charge in [-0.1, -0.05) is 75.8 Å². The van der Waals surface area contributed by atoms with E-state index < -0.39 is 36.9 Å². The van der Waals surface area contributed by atoms with Crippen molar-refractivity contribution in [3.05, 3.63) is 60.2 Å². The number of hydrogen-bond donors (Lipinski definition) is 3. The van der Waals surface area contributed by atoms with Crippen LogP contribution >= 0.6 is 0 Å². The summed E-state index contributed by atoms with van der Waals surface area (Å²) in [6.45, 7) is 12.1. The molecule has 0 aromatic heterocycles. The van der Waals surface area contributed by atoms with Gasteiger partial charge in [0.2, 0.25) is 0 Å². The molecule has 0 spiro atoms. The minimum absolute atomic E-state index is 0. The number of aliphatic carboxylic acids is 1. The Kier molecular flexibility index (Phi) is 30.8. The minimum Gasteiger partial charge on any atom is -0.870 e. The first-order chi connectivity index (χ1) is 26.8. The molecule has 2 fully saturated rings. The quantitative estimate of drug-likeness (QED) is 0.0584. The first-order valence-corrected chi connectivity index (χ1v) is 20.8. The van der Waals surface area contributed by atoms with Gasteiger partial charge in [-0.25, -0.2) is 14.4 Å². The number of carboxylic acids is 1. The van der Waals surface area contributed by atoms with E-state index in [1.165, 1.54) is 12.2 Å². The van der Waals surface area contributed by atoms with Gasteiger partial charge >= 0.3 is 36.8 Å². The van der Waals surface area contributed by atoms with Crippen molar-refractivity contribution in [2.24, 2.45) is 5.92 Å². The van der Waals surface area contributed by atoms with E-state index in [2.05, 4.69) is 6.92 Å². The molecule has 13 nitrogen and oxygen atoms in total. The van der Waals surface area contributed by atoms with Gasteiger partial charge in [0, 0.05) is 18.6 Å². The van der Waals surface area contributed by atoms with Gasteiger partial charge in [-0.15, -0.1) is 0 Å². The van der Waals surface area contributed by atoms with Crippen molar-refractivity contribution in [2.75, 3.05) is 6.61 Å². The molecule has 2 aliphatic rings. The third kappa shape index (κ3) is 23.9. The van der Waals surface area contributed by atoms with Crippen molar-refractivity contribution in [1.82, 2.24) is 0 Å². The Hall–Kier alpha value is -2.57. The van der Waals surface area contributed by atoms with Crippen LogP contribution in [0.25, 0.3) is 0 Å². The zero-order valence-corrected chi connectivity index (χ0v) is 36.0. The molecular weight excluding hydrogens is 743 g/mol. The van der Waals surface area contributed by atoms with Crippen LogP contribution < -0.4 is 18.9 Å². The molecule has 4 unspecified atom stereocenters. The molecule has 2 heterocycles. The zero-order valence-electron chi connectivity index (χ0n) is 36.0. The molecule has 2 saturated heterocycles. The van der Waals surface area contributed by atoms with Gasteiger partial charge in [0.15, 0.2) is 18.7 Å². The van der Waals surface area contributed by atoms with E-state index in [0.29, 0.717) is 12.2 Å². The molecule has 4 N–H and O–H groups in total. The maximum Gasteiger partial charge on any atom is 1.00 e. The summed E-state index contributed by atoms with van der Waals surface area (Å²) in [5.74, 6) is -1.23. The Balaban J connectivity index is 0.00000115. The van der Waals surface area contributed by atoms with Crippen molar-refractivity contribution in [3.63, 3.8) is 0 Å². The third-order valence-corrected chi connectivity index (χ3v) is 10.0. The number of rotatable bonds is 23. The van der Waals surface area contributed by atoms with E-state index in [0.717, 1.165) is 83.5 Å². The molecule has 10 atom stereocenters. The van der Waals surface area contributed by atoms with Crippen molar-refractivity contribution in [2.45, 2.75) is 187 Å². The van der Waals surface area contributed by atoms with Crippen molar-refractivity contribution in [3.8, 4) is 0 Å². The van der Waals surface area contributed by atoms with E-state index >= 15 is 0 Å². The predicted octanol–water partition coefficient (Wildman–Crippen LogP) is 4.90. The van der Waals surface area contributed by atoms with Crippen LogP contribution in [0.3, 0.4) is 0 Å². The summed E-state index contributed by atoms with van der Waals surface area (Å²) in [6.07, 6.45) is 15.8. The zero-order chi connectivity index (χ0) is 41.3. The van der Waals surface area contributed by atoms with E-state index in [1.54, 1.807) is 32.1 Å². The first kappa shape index (κ1) is 55.4. The number of aliphatic hydroxyl groups excluding tert-OH is 2. The second kappa shape index (κ2) is 32.2. The number of hydrogen-bond acceptors (Lipinski definition) is 12. The standard InChI is InChI=1S/C27H40O6.C17H30O6.Li.H2O/c1-5-30-25(28)18-14-9-7-6-8-11-15-21(3)31-27-24(19-20(2)22(4)32-27)33-26(29)23-16-12-10-13-17-23;1-12(9-7-5-3-4-6-8-10-16(20)21)22-17-15(19)11-14(18)13(2)23-17;;/h10,12-14,16-18,20-22,24,27H,5-9,11,15,19H2,1-4H3;8,10,12-15,17-19H,3-7,9,11H2,1-2H3,(H,20,21);;1H2/q;;+1;/p-1/b18-14+;10-8+;;/t20-,21+,22?,24?,27-;12-,13?,14+,15?,17+;;/m10../s1. The first-order valence-electron chi connectivity index (χ1n) is 20.8. The Bertz CT molecular complexity index is 1300. The molecule has 0 saturated carbocycles. The molecule has 14 heteroatoms. The Morgan fingerprint density at radius 1 is 0.759 bits per heavy atom. The average molecular weight is 815 g/mol. The molecule has 0 bridgehead atoms. The van der Waals surface area contributed by atoms with Crippen LogP contribution in [0.2, 0.25) is 0 Å². The summed E-state index contributed by atoms with van der Waals surface area (Å²) in [5.41, 5.74) is 0.535. The van der Waals surface area contributed by atoms with Crippen LogP contribution in [-0.2, 0) is 38.0 Å². The fourth-order valence-electron chi connectivity index (χ4n) is 6.41. The summed E-state index contributed by atoms with van der Waals surface area (Å²) < 4.78 is 34.2. The largest absolute Gasteiger partial charge is 1.00 e. The maximum atomic E-state index is 12.6. The molecular formula is C44H71LiO13. The molecule has 2 aliphatic heterocycles. The molecule has 1 aromatic carbocycles. The predicted molar refractivity (Wildman–Crippen MR) is 216 cm³/mol. The van der Waals surface area contributed by atoms with Gasteiger partial charge in [0.1, 0.15) is 6.10 Å². The summed E-state index contributed by atoms with van der Waals surface area (Å²) in [5, 5.41) is 28.0. The van der Waals surface area contributed by atoms with Crippen molar-refractivity contribution in [1.29, 1.82) is 0 Å². The number of benzene rings is 1. The molecule has 0 radical (unpaired) electrons. The molecule has 3 rings (SSSR count). The number of ether oxygens (including phenoxy) is 6. The molecule has 326 valence electrons. The number of esters is 2. The van der Waals surface area contributed by atoms with E-state index in [1.807, 2.05) is 45.0 Å². The Morgan fingerprint density at radius 2 is 1.29 bits per heavy atom. The fourth-order valence-corrected chi connectivity index (χ4v) is 6.41. The molecule has 0 amide bonds. The number of carbonyl (C=O) groups is 3. The third-order valence-electron chi connectivity index (χ3n) is 10.0. The summed E-state index contributed by atoms with van der Waals surface area (Å²) in [4.78, 5) is 34.1. The van der Waals surface area contributed by atoms with Gasteiger partial charge in [0.05, 0.1) is 42.7 Å². The van der Waals surface area contributed by atoms with Gasteiger partial charge < -0.3 is 49.2 Å². The van der Waals surface area contributed by atoms with Gasteiger partial charge in [-0.05, 0) is 97.6 Å². The second-order valence-corrected chi connectivity index (χ2v) is 15.1. The minimum atomic E-state index is -0.898. The number of unbranched alkanes of at least 4 members (excludes halogenated alkanes) is 8. The van der Waals surface area contributed by atoms with Crippen molar-refractivity contribution >= 4 is 17.9 Å². The van der Waals surface area contributed by atoms with Gasteiger partial charge in [-0.2, -0.15) is 0 Å². The van der Waals surface area contributed by atoms with E-state index in [-0.39, 0.29) is 73.0 Å². The Labute approximate surface area is 358 Å². The smallest absolute Gasteiger partial charge is 0.870 e. The summed E-state index contributed by atoms with van der Waals surface area (Å²) in [7, 11) is 0. The number of allylic oxidation sites excluding steroid dienone is 2. The topological polar surface area (TPSA) is 197 Å². The molecule has 58 heavy (non-hydrogen) atoms. The van der Waals surface area contributed by atoms with Crippen molar-refractivity contribution < 1.29 is 82.5 Å². The van der Waals surface area contributed by atoms with Crippen LogP contribution in [0.1, 0.15) is 142 Å². The van der Waals surface area contributed by atoms with Crippen LogP contribution in [0.15, 0.2) is 54.6 Å². The normalized spacial score (nSPS) is 25.4. The second-order valence-electron chi connectivity index (χ2n) is 15.1. The number of carboxylic acid groups (broad SMARTS) is 1. The van der Waals surface area contributed by atoms with E-state index in [9.17, 15) is 24.6 Å². The average Bonchev–Trinajstić information content (AvgIpc) is 3.15. The number of carbonyl (C=O) groups excluding carboxylic acids is 2. The molecule has 0 aliphatic carbocycles. The monoisotopic (exact) mass is 815 g/mol. The van der Waals surface area contributed by atoms with Crippen LogP contribution in [0, 0.1) is 5.92 Å².